The van der Waals surface area contributed by atoms with Crippen molar-refractivity contribution in [1.82, 2.24) is 10.6 Å². The van der Waals surface area contributed by atoms with Crippen molar-refractivity contribution < 1.29 is 18.7 Å². The molecule has 0 aliphatic carbocycles. The second-order valence-electron chi connectivity index (χ2n) is 5.26. The van der Waals surface area contributed by atoms with E-state index < -0.39 is 0 Å². The van der Waals surface area contributed by atoms with E-state index >= 15 is 0 Å². The van der Waals surface area contributed by atoms with E-state index in [1.165, 1.54) is 13.2 Å². The Balaban J connectivity index is 1.88. The lowest BCUT2D eigenvalue weighted by atomic mass is 10.2. The number of urea groups is 1. The van der Waals surface area contributed by atoms with Crippen molar-refractivity contribution in [2.45, 2.75) is 13.1 Å². The number of ether oxygens (including phenoxy) is 2. The van der Waals surface area contributed by atoms with Gasteiger partial charge in [-0.25, -0.2) is 9.18 Å². The van der Waals surface area contributed by atoms with Gasteiger partial charge in [-0.05, 0) is 51.3 Å². The third kappa shape index (κ3) is 5.67. The van der Waals surface area contributed by atoms with Crippen molar-refractivity contribution in [3.63, 3.8) is 0 Å². The van der Waals surface area contributed by atoms with Crippen LogP contribution in [0.2, 0.25) is 0 Å². The first-order chi connectivity index (χ1) is 12.5. The molecule has 0 saturated carbocycles. The largest absolute Gasteiger partial charge is 0.493 e. The van der Waals surface area contributed by atoms with Gasteiger partial charge in [0.1, 0.15) is 12.4 Å². The van der Waals surface area contributed by atoms with Gasteiger partial charge in [-0.1, -0.05) is 18.1 Å². The zero-order valence-electron chi connectivity index (χ0n) is 14.1. The Morgan fingerprint density at radius 3 is 2.42 bits per heavy atom. The summed E-state index contributed by atoms with van der Waals surface area (Å²) in [5.74, 6) is 3.09. The normalized spacial score (nSPS) is 9.92. The van der Waals surface area contributed by atoms with Gasteiger partial charge in [0, 0.05) is 13.1 Å². The van der Waals surface area contributed by atoms with E-state index in [4.69, 9.17) is 15.9 Å². The third-order valence-electron chi connectivity index (χ3n) is 3.43. The predicted octanol–water partition coefficient (Wildman–Crippen LogP) is 3.61. The molecule has 0 unspecified atom stereocenters. The molecule has 136 valence electrons. The fourth-order valence-electron chi connectivity index (χ4n) is 2.14. The van der Waals surface area contributed by atoms with Crippen LogP contribution in [0, 0.1) is 18.2 Å². The van der Waals surface area contributed by atoms with Crippen LogP contribution in [0.5, 0.6) is 11.5 Å². The number of rotatable bonds is 7. The second-order valence-corrected chi connectivity index (χ2v) is 6.12. The maximum Gasteiger partial charge on any atom is 0.315 e. The number of carbonyl (C=O) groups excluding carboxylic acids is 1. The summed E-state index contributed by atoms with van der Waals surface area (Å²) in [6, 6.07) is 9.63. The minimum atomic E-state index is -0.373. The van der Waals surface area contributed by atoms with E-state index in [2.05, 4.69) is 32.5 Å². The van der Waals surface area contributed by atoms with E-state index in [0.717, 1.165) is 5.56 Å². The van der Waals surface area contributed by atoms with Crippen LogP contribution in [-0.4, -0.2) is 19.7 Å². The van der Waals surface area contributed by atoms with Crippen molar-refractivity contribution >= 4 is 22.0 Å². The molecule has 0 saturated heterocycles. The maximum atomic E-state index is 13.5. The highest BCUT2D eigenvalue weighted by Gasteiger charge is 2.07. The molecule has 26 heavy (non-hydrogen) atoms. The van der Waals surface area contributed by atoms with E-state index in [-0.39, 0.29) is 31.5 Å². The van der Waals surface area contributed by atoms with Crippen LogP contribution in [0.4, 0.5) is 9.18 Å². The van der Waals surface area contributed by atoms with Crippen molar-refractivity contribution in [1.29, 1.82) is 0 Å². The Hall–Kier alpha value is -2.72. The highest BCUT2D eigenvalue weighted by Crippen LogP contribution is 2.27. The summed E-state index contributed by atoms with van der Waals surface area (Å²) < 4.78 is 24.5. The quantitative estimate of drug-likeness (QED) is 0.672. The number of carbonyl (C=O) groups is 1. The Morgan fingerprint density at radius 2 is 1.81 bits per heavy atom. The Bertz CT molecular complexity index is 821. The molecular weight excluding hydrogens is 403 g/mol. The lowest BCUT2D eigenvalue weighted by Gasteiger charge is -2.12. The summed E-state index contributed by atoms with van der Waals surface area (Å²) in [5.41, 5.74) is 1.48. The van der Waals surface area contributed by atoms with E-state index in [1.54, 1.807) is 24.3 Å². The maximum absolute atomic E-state index is 13.5. The van der Waals surface area contributed by atoms with Gasteiger partial charge < -0.3 is 20.1 Å². The van der Waals surface area contributed by atoms with Gasteiger partial charge in [-0.2, -0.15) is 0 Å². The highest BCUT2D eigenvalue weighted by molar-refractivity contribution is 9.10. The van der Waals surface area contributed by atoms with Crippen LogP contribution in [-0.2, 0) is 13.1 Å². The molecule has 0 aliphatic heterocycles. The van der Waals surface area contributed by atoms with Gasteiger partial charge in [0.05, 0.1) is 11.6 Å². The molecule has 0 aliphatic rings. The van der Waals surface area contributed by atoms with Crippen LogP contribution >= 0.6 is 15.9 Å². The monoisotopic (exact) mass is 420 g/mol. The third-order valence-corrected chi connectivity index (χ3v) is 4.07. The molecule has 0 aromatic heterocycles. The van der Waals surface area contributed by atoms with E-state index in [9.17, 15) is 9.18 Å². The van der Waals surface area contributed by atoms with Crippen LogP contribution in [0.3, 0.4) is 0 Å². The molecule has 0 spiro atoms. The Morgan fingerprint density at radius 1 is 1.15 bits per heavy atom. The minimum absolute atomic E-state index is 0.122. The molecular formula is C19H18BrFN2O3. The Kier molecular flexibility index (Phi) is 7.30. The lowest BCUT2D eigenvalue weighted by molar-refractivity contribution is 0.240. The molecule has 7 heteroatoms. The summed E-state index contributed by atoms with van der Waals surface area (Å²) in [4.78, 5) is 11.9. The Labute approximate surface area is 160 Å². The number of benzene rings is 2. The van der Waals surface area contributed by atoms with Gasteiger partial charge >= 0.3 is 6.03 Å². The average Bonchev–Trinajstić information content (AvgIpc) is 2.65. The molecule has 0 radical (unpaired) electrons. The summed E-state index contributed by atoms with van der Waals surface area (Å²) in [7, 11) is 1.54. The van der Waals surface area contributed by atoms with Gasteiger partial charge in [-0.15, -0.1) is 6.42 Å². The predicted molar refractivity (Wildman–Crippen MR) is 100 cm³/mol. The second kappa shape index (κ2) is 9.68. The zero-order valence-corrected chi connectivity index (χ0v) is 15.7. The molecule has 2 amide bonds. The van der Waals surface area contributed by atoms with E-state index in [0.29, 0.717) is 21.5 Å². The molecule has 2 N–H and O–H groups in total. The highest BCUT2D eigenvalue weighted by atomic mass is 79.9. The smallest absolute Gasteiger partial charge is 0.315 e. The fourth-order valence-corrected chi connectivity index (χ4v) is 2.39. The molecule has 5 nitrogen and oxygen atoms in total. The first-order valence-corrected chi connectivity index (χ1v) is 8.51. The number of amides is 2. The van der Waals surface area contributed by atoms with Gasteiger partial charge in [0.25, 0.3) is 0 Å². The topological polar surface area (TPSA) is 59.6 Å². The van der Waals surface area contributed by atoms with Gasteiger partial charge in [0.15, 0.2) is 11.5 Å². The fraction of sp³-hybridized carbons (Fsp3) is 0.211. The minimum Gasteiger partial charge on any atom is -0.493 e. The summed E-state index contributed by atoms with van der Waals surface area (Å²) in [6.45, 7) is 0.629. The number of hydrogen-bond acceptors (Lipinski definition) is 3. The van der Waals surface area contributed by atoms with E-state index in [1.807, 2.05) is 6.07 Å². The van der Waals surface area contributed by atoms with Crippen molar-refractivity contribution in [3.05, 3.63) is 57.8 Å². The van der Waals surface area contributed by atoms with Crippen LogP contribution < -0.4 is 20.1 Å². The molecule has 2 rings (SSSR count). The van der Waals surface area contributed by atoms with Crippen LogP contribution in [0.15, 0.2) is 40.9 Å². The first kappa shape index (κ1) is 19.6. The number of nitrogens with one attached hydrogen (secondary N) is 2. The van der Waals surface area contributed by atoms with Gasteiger partial charge in [0.2, 0.25) is 0 Å². The van der Waals surface area contributed by atoms with Crippen molar-refractivity contribution in [2.75, 3.05) is 13.7 Å². The molecule has 2 aromatic carbocycles. The molecule has 0 heterocycles. The molecule has 0 bridgehead atoms. The van der Waals surface area contributed by atoms with Crippen molar-refractivity contribution in [3.8, 4) is 23.8 Å². The summed E-state index contributed by atoms with van der Waals surface area (Å²) in [5, 5.41) is 5.40. The van der Waals surface area contributed by atoms with Crippen LogP contribution in [0.25, 0.3) is 0 Å². The number of terminal acetylenes is 1. The number of halogens is 2. The standard InChI is InChI=1S/C19H18BrFN2O3/c1-3-8-26-18-10-14(5-7-17(18)25-2)12-23-19(24)22-11-13-4-6-15(20)16(21)9-13/h1,4-7,9-10H,8,11-12H2,2H3,(H2,22,23,24). The lowest BCUT2D eigenvalue weighted by Crippen LogP contribution is -2.34. The molecule has 0 atom stereocenters. The number of methoxy groups -OCH3 is 1. The summed E-state index contributed by atoms with van der Waals surface area (Å²) >= 11 is 3.09. The molecule has 0 fully saturated rings. The SMILES string of the molecule is C#CCOc1cc(CNC(=O)NCc2ccc(Br)c(F)c2)ccc1OC. The zero-order chi connectivity index (χ0) is 18.9. The van der Waals surface area contributed by atoms with Gasteiger partial charge in [-0.3, -0.25) is 0 Å². The number of hydrogen-bond donors (Lipinski definition) is 2. The van der Waals surface area contributed by atoms with Crippen LogP contribution in [0.1, 0.15) is 11.1 Å². The average molecular weight is 421 g/mol. The first-order valence-electron chi connectivity index (χ1n) is 7.72. The summed E-state index contributed by atoms with van der Waals surface area (Å²) in [6.07, 6.45) is 5.20. The molecule has 2 aromatic rings. The van der Waals surface area contributed by atoms with Crippen molar-refractivity contribution in [2.24, 2.45) is 0 Å².